The van der Waals surface area contributed by atoms with E-state index < -0.39 is 5.82 Å². The topological polar surface area (TPSA) is 38.0 Å². The maximum Gasteiger partial charge on any atom is 0.139 e. The zero-order valence-electron chi connectivity index (χ0n) is 10.3. The highest BCUT2D eigenvalue weighted by molar-refractivity contribution is 9.10. The fraction of sp³-hybridized carbons (Fsp3) is 0.143. The van der Waals surface area contributed by atoms with Crippen LogP contribution in [0.15, 0.2) is 40.9 Å². The van der Waals surface area contributed by atoms with Crippen LogP contribution < -0.4 is 11.1 Å². The Balaban J connectivity index is 2.24. The second kappa shape index (κ2) is 5.57. The molecule has 19 heavy (non-hydrogen) atoms. The number of hydrogen-bond acceptors (Lipinski definition) is 2. The molecule has 3 N–H and O–H groups in total. The van der Waals surface area contributed by atoms with Crippen molar-refractivity contribution in [3.8, 4) is 0 Å². The van der Waals surface area contributed by atoms with E-state index in [-0.39, 0.29) is 11.9 Å². The Morgan fingerprint density at radius 3 is 2.63 bits per heavy atom. The number of nitrogens with one attached hydrogen (secondary N) is 1. The molecule has 2 aromatic rings. The number of anilines is 2. The zero-order valence-corrected chi connectivity index (χ0v) is 11.8. The molecule has 1 atom stereocenters. The van der Waals surface area contributed by atoms with E-state index in [2.05, 4.69) is 21.2 Å². The van der Waals surface area contributed by atoms with Gasteiger partial charge in [0.25, 0.3) is 0 Å². The van der Waals surface area contributed by atoms with Crippen molar-refractivity contribution in [1.82, 2.24) is 0 Å². The van der Waals surface area contributed by atoms with Gasteiger partial charge in [-0.25, -0.2) is 8.78 Å². The molecule has 0 saturated heterocycles. The van der Waals surface area contributed by atoms with Crippen molar-refractivity contribution in [3.63, 3.8) is 0 Å². The molecule has 0 aliphatic rings. The summed E-state index contributed by atoms with van der Waals surface area (Å²) in [6, 6.07) is 8.97. The predicted octanol–water partition coefficient (Wildman–Crippen LogP) is 4.48. The van der Waals surface area contributed by atoms with Crippen LogP contribution in [-0.2, 0) is 0 Å². The summed E-state index contributed by atoms with van der Waals surface area (Å²) in [5.74, 6) is -0.708. The molecule has 5 heteroatoms. The molecule has 2 aromatic carbocycles. The molecule has 0 spiro atoms. The van der Waals surface area contributed by atoms with Gasteiger partial charge in [-0.3, -0.25) is 0 Å². The minimum atomic E-state index is -0.415. The molecule has 0 unspecified atom stereocenters. The van der Waals surface area contributed by atoms with E-state index >= 15 is 0 Å². The summed E-state index contributed by atoms with van der Waals surface area (Å²) in [7, 11) is 0. The van der Waals surface area contributed by atoms with Gasteiger partial charge in [-0.15, -0.1) is 0 Å². The van der Waals surface area contributed by atoms with Crippen molar-refractivity contribution in [2.45, 2.75) is 13.0 Å². The van der Waals surface area contributed by atoms with Gasteiger partial charge in [0.15, 0.2) is 0 Å². The predicted molar refractivity (Wildman–Crippen MR) is 77.0 cm³/mol. The van der Waals surface area contributed by atoms with Gasteiger partial charge < -0.3 is 11.1 Å². The largest absolute Gasteiger partial charge is 0.397 e. The van der Waals surface area contributed by atoms with Gasteiger partial charge in [0.2, 0.25) is 0 Å². The molecule has 0 amide bonds. The monoisotopic (exact) mass is 326 g/mol. The van der Waals surface area contributed by atoms with Crippen molar-refractivity contribution >= 4 is 27.3 Å². The van der Waals surface area contributed by atoms with Crippen LogP contribution in [0, 0.1) is 11.6 Å². The first-order valence-corrected chi connectivity index (χ1v) is 6.53. The first-order chi connectivity index (χ1) is 8.97. The SMILES string of the molecule is C[C@@H](Nc1cc(Br)c(F)cc1N)c1cccc(F)c1. The summed E-state index contributed by atoms with van der Waals surface area (Å²) in [5, 5.41) is 3.13. The highest BCUT2D eigenvalue weighted by Gasteiger charge is 2.10. The maximum atomic E-state index is 13.3. The van der Waals surface area contributed by atoms with E-state index in [1.165, 1.54) is 18.2 Å². The average Bonchev–Trinajstić information content (AvgIpc) is 2.36. The molecule has 0 aliphatic carbocycles. The molecule has 0 aliphatic heterocycles. The molecule has 0 radical (unpaired) electrons. The number of benzene rings is 2. The third kappa shape index (κ3) is 3.23. The van der Waals surface area contributed by atoms with Gasteiger partial charge in [0.1, 0.15) is 11.6 Å². The lowest BCUT2D eigenvalue weighted by atomic mass is 10.1. The van der Waals surface area contributed by atoms with E-state index in [1.54, 1.807) is 12.1 Å². The van der Waals surface area contributed by atoms with E-state index in [0.29, 0.717) is 15.8 Å². The van der Waals surface area contributed by atoms with Gasteiger partial charge in [-0.2, -0.15) is 0 Å². The fourth-order valence-corrected chi connectivity index (χ4v) is 2.12. The van der Waals surface area contributed by atoms with Crippen molar-refractivity contribution < 1.29 is 8.78 Å². The fourth-order valence-electron chi connectivity index (χ4n) is 1.78. The number of nitrogen functional groups attached to an aromatic ring is 1. The van der Waals surface area contributed by atoms with Gasteiger partial charge in [-0.05, 0) is 46.6 Å². The lowest BCUT2D eigenvalue weighted by Gasteiger charge is -2.17. The Morgan fingerprint density at radius 1 is 1.21 bits per heavy atom. The third-order valence-corrected chi connectivity index (χ3v) is 3.42. The summed E-state index contributed by atoms with van der Waals surface area (Å²) in [6.07, 6.45) is 0. The summed E-state index contributed by atoms with van der Waals surface area (Å²) >= 11 is 3.11. The third-order valence-electron chi connectivity index (χ3n) is 2.81. The van der Waals surface area contributed by atoms with Gasteiger partial charge >= 0.3 is 0 Å². The highest BCUT2D eigenvalue weighted by atomic mass is 79.9. The standard InChI is InChI=1S/C14H13BrF2N2/c1-8(9-3-2-4-10(16)5-9)19-14-6-11(15)12(17)7-13(14)18/h2-8,19H,18H2,1H3/t8-/m1/s1. The van der Waals surface area contributed by atoms with Gasteiger partial charge in [0, 0.05) is 12.1 Å². The number of hydrogen-bond donors (Lipinski definition) is 2. The molecule has 0 saturated carbocycles. The van der Waals surface area contributed by atoms with Crippen molar-refractivity contribution in [1.29, 1.82) is 0 Å². The quantitative estimate of drug-likeness (QED) is 0.816. The van der Waals surface area contributed by atoms with Crippen LogP contribution in [0.5, 0.6) is 0 Å². The number of halogens is 3. The molecule has 100 valence electrons. The van der Waals surface area contributed by atoms with Crippen molar-refractivity contribution in [3.05, 3.63) is 58.1 Å². The zero-order chi connectivity index (χ0) is 14.0. The van der Waals surface area contributed by atoms with E-state index in [4.69, 9.17) is 5.73 Å². The lowest BCUT2D eigenvalue weighted by Crippen LogP contribution is -2.09. The number of nitrogens with two attached hydrogens (primary N) is 1. The average molecular weight is 327 g/mol. The number of rotatable bonds is 3. The first kappa shape index (κ1) is 13.8. The van der Waals surface area contributed by atoms with Crippen LogP contribution in [0.2, 0.25) is 0 Å². The molecular formula is C14H13BrF2N2. The van der Waals surface area contributed by atoms with Crippen LogP contribution in [-0.4, -0.2) is 0 Å². The molecule has 2 rings (SSSR count). The van der Waals surface area contributed by atoms with Gasteiger partial charge in [-0.1, -0.05) is 12.1 Å². The smallest absolute Gasteiger partial charge is 0.139 e. The Morgan fingerprint density at radius 2 is 1.95 bits per heavy atom. The Labute approximate surface area is 118 Å². The molecular weight excluding hydrogens is 314 g/mol. The second-order valence-electron chi connectivity index (χ2n) is 4.27. The maximum absolute atomic E-state index is 13.3. The molecule has 2 nitrogen and oxygen atoms in total. The summed E-state index contributed by atoms with van der Waals surface area (Å²) < 4.78 is 26.8. The van der Waals surface area contributed by atoms with Crippen LogP contribution >= 0.6 is 15.9 Å². The lowest BCUT2D eigenvalue weighted by molar-refractivity contribution is 0.621. The molecule has 0 bridgehead atoms. The highest BCUT2D eigenvalue weighted by Crippen LogP contribution is 2.29. The van der Waals surface area contributed by atoms with Gasteiger partial charge in [0.05, 0.1) is 15.8 Å². The Bertz CT molecular complexity index is 602. The Hall–Kier alpha value is -1.62. The molecule has 0 aromatic heterocycles. The Kier molecular flexibility index (Phi) is 4.04. The minimum absolute atomic E-state index is 0.143. The van der Waals surface area contributed by atoms with Crippen LogP contribution in [0.25, 0.3) is 0 Å². The van der Waals surface area contributed by atoms with Crippen molar-refractivity contribution in [2.75, 3.05) is 11.1 Å². The first-order valence-electron chi connectivity index (χ1n) is 5.74. The summed E-state index contributed by atoms with van der Waals surface area (Å²) in [6.45, 7) is 1.88. The van der Waals surface area contributed by atoms with E-state index in [0.717, 1.165) is 5.56 Å². The summed E-state index contributed by atoms with van der Waals surface area (Å²) in [5.41, 5.74) is 7.45. The van der Waals surface area contributed by atoms with Crippen LogP contribution in [0.1, 0.15) is 18.5 Å². The normalized spacial score (nSPS) is 12.2. The van der Waals surface area contributed by atoms with Crippen molar-refractivity contribution in [2.24, 2.45) is 0 Å². The minimum Gasteiger partial charge on any atom is -0.397 e. The molecule has 0 heterocycles. The summed E-state index contributed by atoms with van der Waals surface area (Å²) in [4.78, 5) is 0. The van der Waals surface area contributed by atoms with E-state index in [1.807, 2.05) is 13.0 Å². The van der Waals surface area contributed by atoms with E-state index in [9.17, 15) is 8.78 Å². The molecule has 0 fully saturated rings. The second-order valence-corrected chi connectivity index (χ2v) is 5.13. The van der Waals surface area contributed by atoms with Crippen LogP contribution in [0.4, 0.5) is 20.2 Å². The van der Waals surface area contributed by atoms with Crippen LogP contribution in [0.3, 0.4) is 0 Å².